The first-order chi connectivity index (χ1) is 8.89. The predicted molar refractivity (Wildman–Crippen MR) is 71.5 cm³/mol. The van der Waals surface area contributed by atoms with E-state index in [2.05, 4.69) is 10.3 Å². The molecule has 0 aliphatic carbocycles. The molecule has 1 aromatic rings. The Labute approximate surface area is 115 Å². The van der Waals surface area contributed by atoms with E-state index in [0.29, 0.717) is 12.8 Å². The normalized spacial score (nSPS) is 21.8. The number of anilines is 1. The van der Waals surface area contributed by atoms with Gasteiger partial charge in [-0.1, -0.05) is 11.6 Å². The molecule has 0 spiro atoms. The second-order valence-corrected chi connectivity index (χ2v) is 7.03. The van der Waals surface area contributed by atoms with E-state index in [-0.39, 0.29) is 34.0 Å². The summed E-state index contributed by atoms with van der Waals surface area (Å²) in [6.07, 6.45) is 2.60. The van der Waals surface area contributed by atoms with E-state index in [1.54, 1.807) is 0 Å². The number of rotatable bonds is 3. The molecule has 2 N–H and O–H groups in total. The van der Waals surface area contributed by atoms with Crippen LogP contribution < -0.4 is 5.32 Å². The first kappa shape index (κ1) is 14.1. The van der Waals surface area contributed by atoms with Gasteiger partial charge in [0.15, 0.2) is 9.84 Å². The highest BCUT2D eigenvalue weighted by Gasteiger charge is 2.26. The molecule has 1 fully saturated rings. The van der Waals surface area contributed by atoms with E-state index in [1.807, 2.05) is 0 Å². The molecule has 6 nitrogen and oxygen atoms in total. The lowest BCUT2D eigenvalue weighted by Crippen LogP contribution is -2.35. The van der Waals surface area contributed by atoms with Crippen molar-refractivity contribution in [3.8, 4) is 0 Å². The van der Waals surface area contributed by atoms with Gasteiger partial charge in [-0.15, -0.1) is 0 Å². The minimum atomic E-state index is -3.04. The lowest BCUT2D eigenvalue weighted by atomic mass is 10.2. The van der Waals surface area contributed by atoms with Gasteiger partial charge in [0.25, 0.3) is 0 Å². The number of halogens is 1. The molecular weight excluding hydrogens is 292 g/mol. The molecule has 1 saturated heterocycles. The molecular formula is C11H13ClN2O4S. The number of carboxylic acid groups (broad SMARTS) is 1. The summed E-state index contributed by atoms with van der Waals surface area (Å²) in [6.45, 7) is 0. The summed E-state index contributed by atoms with van der Waals surface area (Å²) in [5, 5.41) is 11.9. The fourth-order valence-electron chi connectivity index (χ4n) is 2.04. The second-order valence-electron chi connectivity index (χ2n) is 4.42. The van der Waals surface area contributed by atoms with E-state index in [1.165, 1.54) is 12.3 Å². The molecule has 2 rings (SSSR count). The van der Waals surface area contributed by atoms with Gasteiger partial charge >= 0.3 is 5.97 Å². The quantitative estimate of drug-likeness (QED) is 0.876. The van der Waals surface area contributed by atoms with E-state index in [0.717, 1.165) is 0 Å². The van der Waals surface area contributed by atoms with Crippen LogP contribution in [0.1, 0.15) is 23.2 Å². The fourth-order valence-corrected chi connectivity index (χ4v) is 3.92. The summed E-state index contributed by atoms with van der Waals surface area (Å²) in [4.78, 5) is 14.9. The van der Waals surface area contributed by atoms with Crippen LogP contribution in [0.4, 0.5) is 5.82 Å². The molecule has 1 aliphatic rings. The van der Waals surface area contributed by atoms with Gasteiger partial charge in [0.05, 0.1) is 22.1 Å². The van der Waals surface area contributed by atoms with Crippen LogP contribution in [-0.4, -0.2) is 42.0 Å². The van der Waals surface area contributed by atoms with Crippen molar-refractivity contribution < 1.29 is 18.3 Å². The summed E-state index contributed by atoms with van der Waals surface area (Å²) in [5.41, 5.74) is -0.0576. The molecule has 104 valence electrons. The van der Waals surface area contributed by atoms with Crippen molar-refractivity contribution in [1.29, 1.82) is 0 Å². The summed E-state index contributed by atoms with van der Waals surface area (Å²) in [5.74, 6) is -0.723. The maximum absolute atomic E-state index is 11.5. The highest BCUT2D eigenvalue weighted by atomic mass is 35.5. The molecule has 0 amide bonds. The third-order valence-electron chi connectivity index (χ3n) is 2.92. The Morgan fingerprint density at radius 3 is 2.89 bits per heavy atom. The van der Waals surface area contributed by atoms with Crippen molar-refractivity contribution in [2.75, 3.05) is 16.8 Å². The van der Waals surface area contributed by atoms with Crippen molar-refractivity contribution in [2.45, 2.75) is 18.9 Å². The van der Waals surface area contributed by atoms with Gasteiger partial charge in [-0.25, -0.2) is 18.2 Å². The van der Waals surface area contributed by atoms with Crippen molar-refractivity contribution in [1.82, 2.24) is 4.98 Å². The molecule has 8 heteroatoms. The lowest BCUT2D eigenvalue weighted by Gasteiger charge is -2.24. The number of carboxylic acids is 1. The van der Waals surface area contributed by atoms with Crippen LogP contribution in [0.2, 0.25) is 5.02 Å². The zero-order chi connectivity index (χ0) is 14.0. The van der Waals surface area contributed by atoms with Gasteiger partial charge < -0.3 is 10.4 Å². The third kappa shape index (κ3) is 3.36. The largest absolute Gasteiger partial charge is 0.478 e. The summed E-state index contributed by atoms with van der Waals surface area (Å²) in [6, 6.07) is 1.01. The Balaban J connectivity index is 2.20. The lowest BCUT2D eigenvalue weighted by molar-refractivity contribution is 0.0697. The molecule has 0 saturated carbocycles. The van der Waals surface area contributed by atoms with Gasteiger partial charge in [0, 0.05) is 12.2 Å². The predicted octanol–water partition coefficient (Wildman–Crippen LogP) is 1.42. The number of nitrogens with zero attached hydrogens (tertiary/aromatic N) is 1. The number of aromatic nitrogens is 1. The Bertz CT molecular complexity index is 603. The van der Waals surface area contributed by atoms with Gasteiger partial charge in [-0.2, -0.15) is 0 Å². The third-order valence-corrected chi connectivity index (χ3v) is 5.13. The molecule has 1 unspecified atom stereocenters. The first-order valence-corrected chi connectivity index (χ1v) is 7.94. The van der Waals surface area contributed by atoms with Crippen LogP contribution in [0.25, 0.3) is 0 Å². The van der Waals surface area contributed by atoms with E-state index in [9.17, 15) is 13.2 Å². The first-order valence-electron chi connectivity index (χ1n) is 5.74. The van der Waals surface area contributed by atoms with Crippen LogP contribution in [0.5, 0.6) is 0 Å². The highest BCUT2D eigenvalue weighted by molar-refractivity contribution is 7.91. The van der Waals surface area contributed by atoms with Gasteiger partial charge in [0.2, 0.25) is 0 Å². The minimum absolute atomic E-state index is 0.00188. The van der Waals surface area contributed by atoms with Gasteiger partial charge in [-0.05, 0) is 18.9 Å². The molecule has 1 aromatic heterocycles. The Morgan fingerprint density at radius 2 is 2.26 bits per heavy atom. The van der Waals surface area contributed by atoms with Crippen molar-refractivity contribution in [3.05, 3.63) is 22.8 Å². The molecule has 1 atom stereocenters. The summed E-state index contributed by atoms with van der Waals surface area (Å²) < 4.78 is 23.0. The van der Waals surface area contributed by atoms with E-state index < -0.39 is 15.8 Å². The van der Waals surface area contributed by atoms with Crippen LogP contribution in [0, 0.1) is 0 Å². The maximum Gasteiger partial charge on any atom is 0.337 e. The monoisotopic (exact) mass is 304 g/mol. The summed E-state index contributed by atoms with van der Waals surface area (Å²) >= 11 is 5.94. The molecule has 0 bridgehead atoms. The Kier molecular flexibility index (Phi) is 3.96. The number of sulfone groups is 1. The van der Waals surface area contributed by atoms with Crippen molar-refractivity contribution >= 4 is 33.2 Å². The van der Waals surface area contributed by atoms with Crippen molar-refractivity contribution in [2.24, 2.45) is 0 Å². The maximum atomic E-state index is 11.5. The van der Waals surface area contributed by atoms with Crippen LogP contribution in [0.15, 0.2) is 12.3 Å². The van der Waals surface area contributed by atoms with Crippen molar-refractivity contribution in [3.63, 3.8) is 0 Å². The van der Waals surface area contributed by atoms with E-state index >= 15 is 0 Å². The minimum Gasteiger partial charge on any atom is -0.478 e. The molecule has 0 aromatic carbocycles. The highest BCUT2D eigenvalue weighted by Crippen LogP contribution is 2.26. The topological polar surface area (TPSA) is 96.4 Å². The number of aromatic carboxylic acids is 1. The number of nitrogens with one attached hydrogen (secondary N) is 1. The van der Waals surface area contributed by atoms with Crippen LogP contribution in [-0.2, 0) is 9.84 Å². The zero-order valence-corrected chi connectivity index (χ0v) is 11.5. The van der Waals surface area contributed by atoms with Gasteiger partial charge in [0.1, 0.15) is 5.82 Å². The summed E-state index contributed by atoms with van der Waals surface area (Å²) in [7, 11) is -3.04. The number of carbonyl (C=O) groups is 1. The Morgan fingerprint density at radius 1 is 1.53 bits per heavy atom. The number of hydrogen-bond donors (Lipinski definition) is 2. The Hall–Kier alpha value is -1.34. The van der Waals surface area contributed by atoms with Crippen LogP contribution in [0.3, 0.4) is 0 Å². The zero-order valence-electron chi connectivity index (χ0n) is 9.97. The number of pyridine rings is 1. The van der Waals surface area contributed by atoms with Gasteiger partial charge in [-0.3, -0.25) is 0 Å². The number of hydrogen-bond acceptors (Lipinski definition) is 5. The second kappa shape index (κ2) is 5.34. The molecule has 19 heavy (non-hydrogen) atoms. The molecule has 0 radical (unpaired) electrons. The van der Waals surface area contributed by atoms with E-state index in [4.69, 9.17) is 16.7 Å². The molecule has 2 heterocycles. The fraction of sp³-hybridized carbons (Fsp3) is 0.455. The standard InChI is InChI=1S/C11H13ClN2O4S/c12-9-8(11(15)16)3-4-13-10(9)14-7-2-1-5-19(17,18)6-7/h3-4,7H,1-2,5-6H2,(H,13,14)(H,15,16). The smallest absolute Gasteiger partial charge is 0.337 e. The average molecular weight is 305 g/mol. The SMILES string of the molecule is O=C(O)c1ccnc(NC2CCCS(=O)(=O)C2)c1Cl. The van der Waals surface area contributed by atoms with Crippen LogP contribution >= 0.6 is 11.6 Å². The molecule has 1 aliphatic heterocycles. The average Bonchev–Trinajstić information content (AvgIpc) is 2.30.